The van der Waals surface area contributed by atoms with Gasteiger partial charge in [-0.3, -0.25) is 19.3 Å². The molecular weight excluding hydrogens is 414 g/mol. The molecule has 1 aromatic heterocycles. The van der Waals surface area contributed by atoms with Crippen LogP contribution in [0.15, 0.2) is 45.7 Å². The number of carboxylic acid groups (broad SMARTS) is 1. The zero-order chi connectivity index (χ0) is 21.7. The summed E-state index contributed by atoms with van der Waals surface area (Å²) < 4.78 is 15.4. The van der Waals surface area contributed by atoms with Crippen LogP contribution in [0.2, 0.25) is 0 Å². The van der Waals surface area contributed by atoms with E-state index in [2.05, 4.69) is 0 Å². The number of imide groups is 1. The summed E-state index contributed by atoms with van der Waals surface area (Å²) in [4.78, 5) is 47.8. The Morgan fingerprint density at radius 3 is 2.53 bits per heavy atom. The van der Waals surface area contributed by atoms with Gasteiger partial charge in [-0.2, -0.15) is 0 Å². The van der Waals surface area contributed by atoms with Crippen LogP contribution < -0.4 is 4.74 Å². The van der Waals surface area contributed by atoms with Crippen molar-refractivity contribution in [2.24, 2.45) is 0 Å². The van der Waals surface area contributed by atoms with Crippen molar-refractivity contribution >= 4 is 40.9 Å². The molecule has 1 aliphatic rings. The first-order chi connectivity index (χ1) is 14.4. The summed E-state index contributed by atoms with van der Waals surface area (Å²) in [5.74, 6) is -1.64. The minimum absolute atomic E-state index is 0.0549. The van der Waals surface area contributed by atoms with Crippen LogP contribution in [0.3, 0.4) is 0 Å². The van der Waals surface area contributed by atoms with E-state index in [1.165, 1.54) is 12.1 Å². The van der Waals surface area contributed by atoms with Crippen LogP contribution in [0.4, 0.5) is 4.79 Å². The quantitative estimate of drug-likeness (QED) is 0.496. The average Bonchev–Trinajstić information content (AvgIpc) is 3.29. The van der Waals surface area contributed by atoms with E-state index in [1.54, 1.807) is 37.3 Å². The number of hydrogen-bond acceptors (Lipinski definition) is 8. The van der Waals surface area contributed by atoms with Gasteiger partial charge in [-0.05, 0) is 54.6 Å². The normalized spacial score (nSPS) is 15.0. The lowest BCUT2D eigenvalue weighted by Crippen LogP contribution is -2.34. The number of hydrogen-bond donors (Lipinski definition) is 1. The summed E-state index contributed by atoms with van der Waals surface area (Å²) in [6.07, 6.45) is 1.55. The molecule has 0 spiro atoms. The van der Waals surface area contributed by atoms with Gasteiger partial charge in [0.25, 0.3) is 11.1 Å². The molecule has 2 heterocycles. The fraction of sp³-hybridized carbons (Fsp3) is 0.200. The number of carbonyl (C=O) groups excluding carboxylic acids is 3. The van der Waals surface area contributed by atoms with Crippen LogP contribution in [0.25, 0.3) is 6.08 Å². The van der Waals surface area contributed by atoms with Gasteiger partial charge in [-0.1, -0.05) is 12.1 Å². The molecule has 0 saturated carbocycles. The fourth-order valence-electron chi connectivity index (χ4n) is 2.51. The topological polar surface area (TPSA) is 123 Å². The van der Waals surface area contributed by atoms with E-state index in [1.807, 2.05) is 0 Å². The predicted molar refractivity (Wildman–Crippen MR) is 106 cm³/mol. The largest absolute Gasteiger partial charge is 0.486 e. The van der Waals surface area contributed by atoms with Crippen molar-refractivity contribution in [3.8, 4) is 5.75 Å². The SMILES string of the molecule is CCOC(=O)CN1C(=O)SC(=Cc2ccc(OCc3ccc(C(=O)O)o3)cc2)C1=O. The Morgan fingerprint density at radius 1 is 1.17 bits per heavy atom. The Bertz CT molecular complexity index is 1010. The van der Waals surface area contributed by atoms with Crippen LogP contribution >= 0.6 is 11.8 Å². The Balaban J connectivity index is 1.61. The molecule has 3 rings (SSSR count). The highest BCUT2D eigenvalue weighted by atomic mass is 32.2. The second-order valence-electron chi connectivity index (χ2n) is 6.00. The molecule has 1 fully saturated rings. The van der Waals surface area contributed by atoms with Gasteiger partial charge in [-0.15, -0.1) is 0 Å². The van der Waals surface area contributed by atoms with Gasteiger partial charge in [0.15, 0.2) is 0 Å². The van der Waals surface area contributed by atoms with Crippen molar-refractivity contribution in [1.29, 1.82) is 0 Å². The molecule has 156 valence electrons. The molecule has 0 unspecified atom stereocenters. The molecule has 10 heteroatoms. The molecule has 0 radical (unpaired) electrons. The number of aromatic carboxylic acids is 1. The van der Waals surface area contributed by atoms with Gasteiger partial charge < -0.3 is 19.0 Å². The van der Waals surface area contributed by atoms with Gasteiger partial charge in [0, 0.05) is 0 Å². The highest BCUT2D eigenvalue weighted by Crippen LogP contribution is 2.32. The zero-order valence-corrected chi connectivity index (χ0v) is 16.6. The monoisotopic (exact) mass is 431 g/mol. The van der Waals surface area contributed by atoms with Crippen LogP contribution in [-0.2, 0) is 20.9 Å². The van der Waals surface area contributed by atoms with Crippen molar-refractivity contribution in [2.45, 2.75) is 13.5 Å². The predicted octanol–water partition coefficient (Wildman–Crippen LogP) is 3.16. The summed E-state index contributed by atoms with van der Waals surface area (Å²) >= 11 is 0.752. The van der Waals surface area contributed by atoms with Crippen LogP contribution in [0.1, 0.15) is 28.8 Å². The van der Waals surface area contributed by atoms with Crippen molar-refractivity contribution in [2.75, 3.05) is 13.2 Å². The summed E-state index contributed by atoms with van der Waals surface area (Å²) in [6.45, 7) is 1.44. The molecule has 30 heavy (non-hydrogen) atoms. The highest BCUT2D eigenvalue weighted by molar-refractivity contribution is 8.18. The molecule has 1 aliphatic heterocycles. The maximum Gasteiger partial charge on any atom is 0.371 e. The van der Waals surface area contributed by atoms with Gasteiger partial charge in [-0.25, -0.2) is 4.79 Å². The van der Waals surface area contributed by atoms with E-state index in [0.29, 0.717) is 17.1 Å². The zero-order valence-electron chi connectivity index (χ0n) is 15.8. The maximum absolute atomic E-state index is 12.4. The molecular formula is C20H17NO8S. The number of carboxylic acids is 1. The molecule has 2 aromatic rings. The number of rotatable bonds is 8. The Labute approximate surface area is 175 Å². The second-order valence-corrected chi connectivity index (χ2v) is 6.99. The van der Waals surface area contributed by atoms with E-state index >= 15 is 0 Å². The number of carbonyl (C=O) groups is 4. The highest BCUT2D eigenvalue weighted by Gasteiger charge is 2.36. The van der Waals surface area contributed by atoms with Gasteiger partial charge >= 0.3 is 11.9 Å². The van der Waals surface area contributed by atoms with Gasteiger partial charge in [0.1, 0.15) is 24.7 Å². The molecule has 2 amide bonds. The summed E-state index contributed by atoms with van der Waals surface area (Å²) in [5, 5.41) is 8.31. The average molecular weight is 431 g/mol. The van der Waals surface area contributed by atoms with E-state index in [9.17, 15) is 19.2 Å². The molecule has 1 saturated heterocycles. The van der Waals surface area contributed by atoms with Gasteiger partial charge in [0.05, 0.1) is 11.5 Å². The molecule has 1 N–H and O–H groups in total. The second kappa shape index (κ2) is 9.31. The number of furan rings is 1. The van der Waals surface area contributed by atoms with Gasteiger partial charge in [0.2, 0.25) is 5.76 Å². The number of amides is 2. The molecule has 1 aromatic carbocycles. The number of esters is 1. The maximum atomic E-state index is 12.4. The van der Waals surface area contributed by atoms with E-state index in [4.69, 9.17) is 19.0 Å². The fourth-order valence-corrected chi connectivity index (χ4v) is 3.35. The third-order valence-corrected chi connectivity index (χ3v) is 4.80. The molecule has 9 nitrogen and oxygen atoms in total. The smallest absolute Gasteiger partial charge is 0.371 e. The first-order valence-corrected chi connectivity index (χ1v) is 9.65. The molecule has 0 atom stereocenters. The summed E-state index contributed by atoms with van der Waals surface area (Å²) in [5.41, 5.74) is 0.662. The minimum atomic E-state index is -1.16. The summed E-state index contributed by atoms with van der Waals surface area (Å²) in [6, 6.07) is 9.58. The van der Waals surface area contributed by atoms with Crippen molar-refractivity contribution < 1.29 is 38.2 Å². The van der Waals surface area contributed by atoms with Crippen LogP contribution in [0.5, 0.6) is 5.75 Å². The van der Waals surface area contributed by atoms with Crippen molar-refractivity contribution in [3.05, 3.63) is 58.4 Å². The first kappa shape index (κ1) is 21.2. The number of benzene rings is 1. The Morgan fingerprint density at radius 2 is 1.90 bits per heavy atom. The number of ether oxygens (including phenoxy) is 2. The van der Waals surface area contributed by atoms with Crippen molar-refractivity contribution in [3.63, 3.8) is 0 Å². The molecule has 0 bridgehead atoms. The number of nitrogens with zero attached hydrogens (tertiary/aromatic N) is 1. The number of thioether (sulfide) groups is 1. The van der Waals surface area contributed by atoms with E-state index in [0.717, 1.165) is 16.7 Å². The third-order valence-electron chi connectivity index (χ3n) is 3.90. The van der Waals surface area contributed by atoms with Crippen molar-refractivity contribution in [1.82, 2.24) is 4.90 Å². The Hall–Kier alpha value is -3.53. The standard InChI is InChI=1S/C20H17NO8S/c1-2-27-17(22)10-21-18(23)16(30-20(21)26)9-12-3-5-13(6-4-12)28-11-14-7-8-15(29-14)19(24)25/h3-9H,2,10-11H2,1H3,(H,24,25). The van der Waals surface area contributed by atoms with Crippen LogP contribution in [0, 0.1) is 0 Å². The van der Waals surface area contributed by atoms with E-state index in [-0.39, 0.29) is 23.9 Å². The lowest BCUT2D eigenvalue weighted by atomic mass is 10.2. The van der Waals surface area contributed by atoms with Crippen LogP contribution in [-0.4, -0.2) is 46.2 Å². The van der Waals surface area contributed by atoms with E-state index < -0.39 is 29.6 Å². The molecule has 0 aliphatic carbocycles. The minimum Gasteiger partial charge on any atom is -0.486 e. The Kier molecular flexibility index (Phi) is 6.58. The lowest BCUT2D eigenvalue weighted by molar-refractivity contribution is -0.145. The summed E-state index contributed by atoms with van der Waals surface area (Å²) in [7, 11) is 0. The first-order valence-electron chi connectivity index (χ1n) is 8.83. The lowest BCUT2D eigenvalue weighted by Gasteiger charge is -2.10. The third kappa shape index (κ3) is 5.09.